The maximum absolute atomic E-state index is 14.3. The summed E-state index contributed by atoms with van der Waals surface area (Å²) in [4.78, 5) is 31.9. The number of aromatic nitrogens is 3. The van der Waals surface area contributed by atoms with Crippen molar-refractivity contribution in [2.45, 2.75) is 31.5 Å². The van der Waals surface area contributed by atoms with E-state index >= 15 is 0 Å². The molecule has 3 aromatic carbocycles. The number of ether oxygens (including phenoxy) is 3. The number of carbonyl (C=O) groups is 2. The molecule has 11 nitrogen and oxygen atoms in total. The molecule has 218 valence electrons. The lowest BCUT2D eigenvalue weighted by Gasteiger charge is -2.33. The van der Waals surface area contributed by atoms with Crippen molar-refractivity contribution >= 4 is 34.2 Å². The van der Waals surface area contributed by atoms with E-state index in [1.807, 2.05) is 67.5 Å². The zero-order valence-electron chi connectivity index (χ0n) is 23.7. The second-order valence-corrected chi connectivity index (χ2v) is 10.6. The van der Waals surface area contributed by atoms with Gasteiger partial charge in [0.25, 0.3) is 0 Å². The highest BCUT2D eigenvalue weighted by atomic mass is 16.6. The number of amides is 2. The molecule has 42 heavy (non-hydrogen) atoms. The van der Waals surface area contributed by atoms with Crippen molar-refractivity contribution in [2.24, 2.45) is 0 Å². The van der Waals surface area contributed by atoms with E-state index < -0.39 is 6.04 Å². The van der Waals surface area contributed by atoms with Crippen LogP contribution in [0.4, 0.5) is 11.4 Å². The van der Waals surface area contributed by atoms with Gasteiger partial charge in [0.2, 0.25) is 11.8 Å². The van der Waals surface area contributed by atoms with Crippen LogP contribution in [0.3, 0.4) is 0 Å². The first-order valence-electron chi connectivity index (χ1n) is 14.1. The van der Waals surface area contributed by atoms with E-state index in [1.165, 1.54) is 4.90 Å². The summed E-state index contributed by atoms with van der Waals surface area (Å²) in [6.45, 7) is 1.76. The monoisotopic (exact) mass is 570 g/mol. The highest BCUT2D eigenvalue weighted by Crippen LogP contribution is 2.37. The number of para-hydroxylation sites is 1. The van der Waals surface area contributed by atoms with Crippen LogP contribution >= 0.6 is 0 Å². The topological polar surface area (TPSA) is 111 Å². The molecule has 0 radical (unpaired) electrons. The van der Waals surface area contributed by atoms with Gasteiger partial charge in [0, 0.05) is 44.7 Å². The molecule has 2 aliphatic rings. The molecular weight excluding hydrogens is 536 g/mol. The highest BCUT2D eigenvalue weighted by Gasteiger charge is 2.34. The zero-order chi connectivity index (χ0) is 29.1. The molecule has 0 unspecified atom stereocenters. The number of nitrogens with zero attached hydrogens (tertiary/aromatic N) is 5. The number of benzene rings is 3. The average Bonchev–Trinajstić information content (AvgIpc) is 3.69. The molecule has 11 heteroatoms. The summed E-state index contributed by atoms with van der Waals surface area (Å²) in [6.07, 6.45) is 1.79. The molecule has 2 amide bonds. The number of anilines is 2. The van der Waals surface area contributed by atoms with Gasteiger partial charge >= 0.3 is 0 Å². The van der Waals surface area contributed by atoms with E-state index in [-0.39, 0.29) is 24.5 Å². The van der Waals surface area contributed by atoms with E-state index in [1.54, 1.807) is 22.9 Å². The number of rotatable bonds is 9. The van der Waals surface area contributed by atoms with Crippen LogP contribution in [0.1, 0.15) is 24.4 Å². The molecule has 4 aromatic rings. The number of carbonyl (C=O) groups excluding carboxylic acids is 2. The third kappa shape index (κ3) is 5.73. The molecule has 0 spiro atoms. The molecule has 0 aliphatic carbocycles. The number of fused-ring (bicyclic) bond motifs is 2. The van der Waals surface area contributed by atoms with Gasteiger partial charge in [-0.15, -0.1) is 5.10 Å². The normalized spacial score (nSPS) is 16.7. The summed E-state index contributed by atoms with van der Waals surface area (Å²) in [6, 6.07) is 19.4. The van der Waals surface area contributed by atoms with E-state index in [0.29, 0.717) is 54.6 Å². The summed E-state index contributed by atoms with van der Waals surface area (Å²) < 4.78 is 18.9. The lowest BCUT2D eigenvalue weighted by atomic mass is 10.0. The van der Waals surface area contributed by atoms with Crippen LogP contribution in [0.25, 0.3) is 11.0 Å². The average molecular weight is 571 g/mol. The third-order valence-corrected chi connectivity index (χ3v) is 7.54. The van der Waals surface area contributed by atoms with Gasteiger partial charge < -0.3 is 24.4 Å². The summed E-state index contributed by atoms with van der Waals surface area (Å²) in [5.74, 6) is 0.463. The first kappa shape index (κ1) is 27.5. The Balaban J connectivity index is 1.41. The van der Waals surface area contributed by atoms with Crippen LogP contribution in [0.2, 0.25) is 0 Å². The summed E-state index contributed by atoms with van der Waals surface area (Å²) in [5.41, 5.74) is 3.55. The van der Waals surface area contributed by atoms with Gasteiger partial charge in [-0.05, 0) is 54.8 Å². The fraction of sp³-hybridized carbons (Fsp3) is 0.355. The Morgan fingerprint density at radius 3 is 2.50 bits per heavy atom. The van der Waals surface area contributed by atoms with Crippen LogP contribution in [-0.4, -0.2) is 73.4 Å². The van der Waals surface area contributed by atoms with Crippen molar-refractivity contribution in [3.8, 4) is 11.5 Å². The van der Waals surface area contributed by atoms with Gasteiger partial charge in [-0.2, -0.15) is 0 Å². The van der Waals surface area contributed by atoms with Gasteiger partial charge in [0.05, 0.1) is 11.6 Å². The quantitative estimate of drug-likeness (QED) is 0.326. The molecule has 1 saturated heterocycles. The Hall–Kier alpha value is -4.64. The molecular formula is C31H34N6O5. The lowest BCUT2D eigenvalue weighted by molar-refractivity contribution is -0.127. The first-order valence-corrected chi connectivity index (χ1v) is 14.1. The standard InChI is InChI=1S/C31H34N6O5/c1-35(2)22-11-9-21(10-12-22)30(31(39)32-19-24-6-5-15-40-24)37(23-13-14-27-28(18-23)42-17-16-41-27)29(38)20-36-26-8-4-3-7-25(26)33-34-36/h3-4,7-14,18,24,30H,5-6,15-17,19-20H2,1-2H3,(H,32,39)/t24-,30-/m1/s1. The zero-order valence-corrected chi connectivity index (χ0v) is 23.7. The van der Waals surface area contributed by atoms with Crippen LogP contribution in [0.15, 0.2) is 66.7 Å². The van der Waals surface area contributed by atoms with E-state index in [0.717, 1.165) is 24.0 Å². The molecule has 0 bridgehead atoms. The molecule has 1 aromatic heterocycles. The van der Waals surface area contributed by atoms with Gasteiger partial charge in [-0.3, -0.25) is 14.5 Å². The second kappa shape index (κ2) is 12.1. The van der Waals surface area contributed by atoms with E-state index in [9.17, 15) is 9.59 Å². The lowest BCUT2D eigenvalue weighted by Crippen LogP contribution is -2.46. The first-order chi connectivity index (χ1) is 20.5. The fourth-order valence-electron chi connectivity index (χ4n) is 5.35. The molecule has 6 rings (SSSR count). The minimum atomic E-state index is -0.979. The van der Waals surface area contributed by atoms with Crippen molar-refractivity contribution in [2.75, 3.05) is 50.3 Å². The third-order valence-electron chi connectivity index (χ3n) is 7.54. The highest BCUT2D eigenvalue weighted by molar-refractivity contribution is 6.02. The van der Waals surface area contributed by atoms with Crippen LogP contribution < -0.4 is 24.6 Å². The molecule has 0 saturated carbocycles. The van der Waals surface area contributed by atoms with Crippen molar-refractivity contribution in [3.05, 3.63) is 72.3 Å². The van der Waals surface area contributed by atoms with Gasteiger partial charge in [-0.1, -0.05) is 29.5 Å². The summed E-state index contributed by atoms with van der Waals surface area (Å²) in [7, 11) is 3.91. The Labute approximate surface area is 243 Å². The van der Waals surface area contributed by atoms with Crippen molar-refractivity contribution in [1.82, 2.24) is 20.3 Å². The minimum Gasteiger partial charge on any atom is -0.486 e. The Morgan fingerprint density at radius 2 is 1.74 bits per heavy atom. The maximum Gasteiger partial charge on any atom is 0.249 e. The molecule has 2 aliphatic heterocycles. The predicted molar refractivity (Wildman–Crippen MR) is 158 cm³/mol. The van der Waals surface area contributed by atoms with E-state index in [4.69, 9.17) is 14.2 Å². The largest absolute Gasteiger partial charge is 0.486 e. The van der Waals surface area contributed by atoms with Gasteiger partial charge in [0.15, 0.2) is 11.5 Å². The summed E-state index contributed by atoms with van der Waals surface area (Å²) in [5, 5.41) is 11.5. The van der Waals surface area contributed by atoms with Crippen molar-refractivity contribution < 1.29 is 23.8 Å². The Morgan fingerprint density at radius 1 is 0.976 bits per heavy atom. The number of nitrogens with one attached hydrogen (secondary N) is 1. The minimum absolute atomic E-state index is 0.0503. The van der Waals surface area contributed by atoms with Crippen LogP contribution in [-0.2, 0) is 20.9 Å². The second-order valence-electron chi connectivity index (χ2n) is 10.6. The maximum atomic E-state index is 14.3. The van der Waals surface area contributed by atoms with Gasteiger partial charge in [-0.25, -0.2) is 4.68 Å². The Kier molecular flexibility index (Phi) is 7.91. The molecule has 1 N–H and O–H groups in total. The summed E-state index contributed by atoms with van der Waals surface area (Å²) >= 11 is 0. The fourth-order valence-corrected chi connectivity index (χ4v) is 5.35. The Bertz CT molecular complexity index is 1560. The number of hydrogen-bond acceptors (Lipinski definition) is 8. The molecule has 3 heterocycles. The van der Waals surface area contributed by atoms with Crippen molar-refractivity contribution in [3.63, 3.8) is 0 Å². The smallest absolute Gasteiger partial charge is 0.249 e. The number of hydrogen-bond donors (Lipinski definition) is 1. The SMILES string of the molecule is CN(C)c1ccc([C@H](C(=O)NC[C@H]2CCCO2)N(C(=O)Cn2nnc3ccccc32)c2ccc3c(c2)OCCO3)cc1. The molecule has 1 fully saturated rings. The predicted octanol–water partition coefficient (Wildman–Crippen LogP) is 3.34. The molecule has 2 atom stereocenters. The van der Waals surface area contributed by atoms with Crippen LogP contribution in [0.5, 0.6) is 11.5 Å². The van der Waals surface area contributed by atoms with Gasteiger partial charge in [0.1, 0.15) is 31.3 Å². The van der Waals surface area contributed by atoms with Crippen molar-refractivity contribution in [1.29, 1.82) is 0 Å². The van der Waals surface area contributed by atoms with E-state index in [2.05, 4.69) is 15.6 Å². The van der Waals surface area contributed by atoms with Crippen LogP contribution in [0, 0.1) is 0 Å².